The first-order chi connectivity index (χ1) is 12.7. The lowest BCUT2D eigenvalue weighted by atomic mass is 10.2. The van der Waals surface area contributed by atoms with Crippen molar-refractivity contribution in [2.45, 2.75) is 25.4 Å². The largest absolute Gasteiger partial charge is 0.355 e. The Hall–Kier alpha value is -3.29. The minimum absolute atomic E-state index is 0.0892. The van der Waals surface area contributed by atoms with Gasteiger partial charge in [0.25, 0.3) is 11.5 Å². The van der Waals surface area contributed by atoms with E-state index in [1.807, 2.05) is 6.07 Å². The molecular formula is C18H17N5O3. The molecule has 0 saturated carbocycles. The van der Waals surface area contributed by atoms with Crippen molar-refractivity contribution in [3.8, 4) is 11.3 Å². The van der Waals surface area contributed by atoms with Crippen LogP contribution in [0.5, 0.6) is 0 Å². The highest BCUT2D eigenvalue weighted by molar-refractivity contribution is 5.93. The molecule has 4 rings (SSSR count). The maximum Gasteiger partial charge on any atom is 0.276 e. The molecule has 1 saturated heterocycles. The fourth-order valence-corrected chi connectivity index (χ4v) is 3.18. The number of amides is 1. The van der Waals surface area contributed by atoms with Crippen LogP contribution in [0.25, 0.3) is 11.3 Å². The number of pyridine rings is 1. The van der Waals surface area contributed by atoms with Gasteiger partial charge in [-0.15, -0.1) is 0 Å². The second kappa shape index (κ2) is 6.91. The number of likely N-dealkylation sites (tertiary alicyclic amines) is 1. The molecule has 1 aliphatic heterocycles. The first kappa shape index (κ1) is 16.2. The average Bonchev–Trinajstić information content (AvgIpc) is 3.33. The van der Waals surface area contributed by atoms with Crippen molar-refractivity contribution in [3.63, 3.8) is 0 Å². The topological polar surface area (TPSA) is 94.1 Å². The second-order valence-electron chi connectivity index (χ2n) is 6.16. The zero-order valence-corrected chi connectivity index (χ0v) is 14.0. The third-order valence-electron chi connectivity index (χ3n) is 4.48. The van der Waals surface area contributed by atoms with Gasteiger partial charge in [0.15, 0.2) is 11.5 Å². The highest BCUT2D eigenvalue weighted by Crippen LogP contribution is 2.24. The molecule has 0 aliphatic carbocycles. The molecule has 1 amide bonds. The number of nitrogens with zero attached hydrogens (tertiary/aromatic N) is 5. The Kier molecular flexibility index (Phi) is 4.30. The summed E-state index contributed by atoms with van der Waals surface area (Å²) in [7, 11) is 0. The molecule has 1 unspecified atom stereocenters. The zero-order valence-electron chi connectivity index (χ0n) is 14.0. The molecular weight excluding hydrogens is 334 g/mol. The molecule has 1 fully saturated rings. The molecule has 0 bridgehead atoms. The van der Waals surface area contributed by atoms with Crippen LogP contribution in [0, 0.1) is 0 Å². The van der Waals surface area contributed by atoms with E-state index >= 15 is 0 Å². The molecule has 1 atom stereocenters. The Morgan fingerprint density at radius 3 is 2.96 bits per heavy atom. The Balaban J connectivity index is 1.53. The van der Waals surface area contributed by atoms with Gasteiger partial charge < -0.3 is 9.42 Å². The minimum Gasteiger partial charge on any atom is -0.355 e. The van der Waals surface area contributed by atoms with E-state index in [1.54, 1.807) is 41.7 Å². The van der Waals surface area contributed by atoms with Gasteiger partial charge in [-0.2, -0.15) is 5.10 Å². The van der Waals surface area contributed by atoms with Crippen molar-refractivity contribution in [1.82, 2.24) is 24.8 Å². The summed E-state index contributed by atoms with van der Waals surface area (Å²) in [6, 6.07) is 8.24. The highest BCUT2D eigenvalue weighted by atomic mass is 16.5. The predicted molar refractivity (Wildman–Crippen MR) is 92.3 cm³/mol. The molecule has 4 heterocycles. The molecule has 26 heavy (non-hydrogen) atoms. The quantitative estimate of drug-likeness (QED) is 0.709. The molecule has 0 N–H and O–H groups in total. The van der Waals surface area contributed by atoms with Crippen molar-refractivity contribution in [1.29, 1.82) is 0 Å². The molecule has 0 spiro atoms. The number of carbonyl (C=O) groups is 1. The van der Waals surface area contributed by atoms with E-state index in [0.717, 1.165) is 18.4 Å². The van der Waals surface area contributed by atoms with Gasteiger partial charge >= 0.3 is 0 Å². The Bertz CT molecular complexity index is 966. The standard InChI is InChI=1S/C18H17N5O3/c24-17-6-2-8-20-23(17)12-14-5-3-9-22(14)18(25)15-10-16(26-21-15)13-4-1-7-19-11-13/h1-2,4,6-8,10-11,14H,3,5,9,12H2. The summed E-state index contributed by atoms with van der Waals surface area (Å²) in [6.45, 7) is 0.999. The maximum absolute atomic E-state index is 12.9. The van der Waals surface area contributed by atoms with Crippen LogP contribution < -0.4 is 5.56 Å². The smallest absolute Gasteiger partial charge is 0.276 e. The van der Waals surface area contributed by atoms with Gasteiger partial charge in [0.1, 0.15) is 0 Å². The van der Waals surface area contributed by atoms with Gasteiger partial charge in [0.05, 0.1) is 12.6 Å². The fraction of sp³-hybridized carbons (Fsp3) is 0.278. The van der Waals surface area contributed by atoms with Gasteiger partial charge in [0.2, 0.25) is 0 Å². The zero-order chi connectivity index (χ0) is 17.9. The molecule has 8 nitrogen and oxygen atoms in total. The molecule has 0 aromatic carbocycles. The van der Waals surface area contributed by atoms with Crippen LogP contribution in [-0.4, -0.2) is 43.3 Å². The predicted octanol–water partition coefficient (Wildman–Crippen LogP) is 1.60. The van der Waals surface area contributed by atoms with Gasteiger partial charge in [-0.3, -0.25) is 14.6 Å². The van der Waals surface area contributed by atoms with Crippen molar-refractivity contribution in [2.24, 2.45) is 0 Å². The van der Waals surface area contributed by atoms with E-state index in [0.29, 0.717) is 18.8 Å². The third kappa shape index (κ3) is 3.13. The van der Waals surface area contributed by atoms with E-state index in [4.69, 9.17) is 4.52 Å². The van der Waals surface area contributed by atoms with Crippen molar-refractivity contribution >= 4 is 5.91 Å². The van der Waals surface area contributed by atoms with Crippen molar-refractivity contribution in [3.05, 3.63) is 65.0 Å². The van der Waals surface area contributed by atoms with Gasteiger partial charge in [-0.05, 0) is 31.0 Å². The van der Waals surface area contributed by atoms with Gasteiger partial charge in [-0.25, -0.2) is 4.68 Å². The van der Waals surface area contributed by atoms with E-state index in [9.17, 15) is 9.59 Å². The fourth-order valence-electron chi connectivity index (χ4n) is 3.18. The normalized spacial score (nSPS) is 16.8. The summed E-state index contributed by atoms with van der Waals surface area (Å²) in [5.41, 5.74) is 0.841. The Morgan fingerprint density at radius 2 is 2.15 bits per heavy atom. The lowest BCUT2D eigenvalue weighted by Gasteiger charge is -2.23. The first-order valence-electron chi connectivity index (χ1n) is 8.42. The first-order valence-corrected chi connectivity index (χ1v) is 8.42. The van der Waals surface area contributed by atoms with Gasteiger partial charge in [-0.1, -0.05) is 5.16 Å². The van der Waals surface area contributed by atoms with Crippen LogP contribution in [0.2, 0.25) is 0 Å². The number of carbonyl (C=O) groups excluding carboxylic acids is 1. The molecule has 3 aromatic heterocycles. The summed E-state index contributed by atoms with van der Waals surface area (Å²) in [5, 5.41) is 8.00. The van der Waals surface area contributed by atoms with E-state index in [1.165, 1.54) is 10.7 Å². The van der Waals surface area contributed by atoms with Crippen molar-refractivity contribution < 1.29 is 9.32 Å². The minimum atomic E-state index is -0.199. The summed E-state index contributed by atoms with van der Waals surface area (Å²) in [4.78, 5) is 30.5. The number of hydrogen-bond acceptors (Lipinski definition) is 6. The Morgan fingerprint density at radius 1 is 1.27 bits per heavy atom. The summed E-state index contributed by atoms with van der Waals surface area (Å²) < 4.78 is 6.69. The Labute approximate surface area is 149 Å². The highest BCUT2D eigenvalue weighted by Gasteiger charge is 2.31. The number of hydrogen-bond donors (Lipinski definition) is 0. The van der Waals surface area contributed by atoms with Crippen LogP contribution >= 0.6 is 0 Å². The summed E-state index contributed by atoms with van der Waals surface area (Å²) >= 11 is 0. The molecule has 1 aliphatic rings. The summed E-state index contributed by atoms with van der Waals surface area (Å²) in [6.07, 6.45) is 6.59. The number of rotatable bonds is 4. The second-order valence-corrected chi connectivity index (χ2v) is 6.16. The summed E-state index contributed by atoms with van der Waals surface area (Å²) in [5.74, 6) is 0.300. The van der Waals surface area contributed by atoms with E-state index in [2.05, 4.69) is 15.2 Å². The van der Waals surface area contributed by atoms with Crippen LogP contribution in [0.1, 0.15) is 23.3 Å². The maximum atomic E-state index is 12.9. The third-order valence-corrected chi connectivity index (χ3v) is 4.48. The molecule has 3 aromatic rings. The average molecular weight is 351 g/mol. The van der Waals surface area contributed by atoms with Gasteiger partial charge in [0, 0.05) is 42.8 Å². The van der Waals surface area contributed by atoms with Crippen LogP contribution in [0.15, 0.2) is 58.2 Å². The molecule has 0 radical (unpaired) electrons. The number of aromatic nitrogens is 4. The van der Waals surface area contributed by atoms with Crippen molar-refractivity contribution in [2.75, 3.05) is 6.54 Å². The monoisotopic (exact) mass is 351 g/mol. The van der Waals surface area contributed by atoms with Crippen LogP contribution in [-0.2, 0) is 6.54 Å². The SMILES string of the molecule is O=C(c1cc(-c2cccnc2)on1)N1CCCC1Cn1ncccc1=O. The van der Waals surface area contributed by atoms with Crippen LogP contribution in [0.4, 0.5) is 0 Å². The lowest BCUT2D eigenvalue weighted by molar-refractivity contribution is 0.0710. The lowest BCUT2D eigenvalue weighted by Crippen LogP contribution is -2.40. The van der Waals surface area contributed by atoms with E-state index < -0.39 is 0 Å². The van der Waals surface area contributed by atoms with E-state index in [-0.39, 0.29) is 23.2 Å². The van der Waals surface area contributed by atoms with Crippen LogP contribution in [0.3, 0.4) is 0 Å². The molecule has 132 valence electrons. The molecule has 8 heteroatoms.